The van der Waals surface area contributed by atoms with Crippen LogP contribution in [0, 0.1) is 23.7 Å². The van der Waals surface area contributed by atoms with Gasteiger partial charge in [0, 0.05) is 13.3 Å². The molecule has 0 bridgehead atoms. The van der Waals surface area contributed by atoms with E-state index in [2.05, 4.69) is 37.9 Å². The van der Waals surface area contributed by atoms with Gasteiger partial charge in [0.05, 0.1) is 0 Å². The first-order chi connectivity index (χ1) is 8.15. The van der Waals surface area contributed by atoms with Crippen LogP contribution in [0.5, 0.6) is 0 Å². The zero-order valence-electron chi connectivity index (χ0n) is 12.0. The Morgan fingerprint density at radius 3 is 2.47 bits per heavy atom. The van der Waals surface area contributed by atoms with Crippen LogP contribution in [0.1, 0.15) is 52.9 Å². The molecule has 1 aliphatic rings. The normalized spacial score (nSPS) is 36.9. The molecule has 1 aliphatic carbocycles. The molecule has 0 N–H and O–H groups in total. The quantitative estimate of drug-likeness (QED) is 0.613. The van der Waals surface area contributed by atoms with Crippen molar-refractivity contribution in [2.75, 3.05) is 7.05 Å². The zero-order chi connectivity index (χ0) is 12.7. The molecule has 0 aromatic rings. The molecule has 0 amide bonds. The lowest BCUT2D eigenvalue weighted by Gasteiger charge is -2.26. The minimum Gasteiger partial charge on any atom is -0.297 e. The number of nitrogens with zero attached hydrogens (tertiary/aromatic N) is 1. The van der Waals surface area contributed by atoms with Crippen LogP contribution in [0.25, 0.3) is 0 Å². The monoisotopic (exact) mass is 235 g/mol. The molecule has 0 radical (unpaired) electrons. The first-order valence-corrected chi connectivity index (χ1v) is 7.24. The van der Waals surface area contributed by atoms with E-state index in [1.807, 2.05) is 13.3 Å². The van der Waals surface area contributed by atoms with Gasteiger partial charge in [-0.15, -0.1) is 0 Å². The highest BCUT2D eigenvalue weighted by molar-refractivity contribution is 5.70. The number of allylic oxidation sites excluding steroid dienone is 2. The molecule has 1 nitrogen and oxygen atoms in total. The van der Waals surface area contributed by atoms with Gasteiger partial charge in [-0.1, -0.05) is 52.5 Å². The van der Waals surface area contributed by atoms with Crippen molar-refractivity contribution in [1.82, 2.24) is 0 Å². The van der Waals surface area contributed by atoms with Crippen molar-refractivity contribution in [3.8, 4) is 0 Å². The van der Waals surface area contributed by atoms with Crippen LogP contribution in [-0.4, -0.2) is 13.3 Å². The van der Waals surface area contributed by atoms with Crippen molar-refractivity contribution in [3.63, 3.8) is 0 Å². The third-order valence-corrected chi connectivity index (χ3v) is 4.52. The predicted molar refractivity (Wildman–Crippen MR) is 77.6 cm³/mol. The first kappa shape index (κ1) is 14.5. The van der Waals surface area contributed by atoms with Gasteiger partial charge in [-0.25, -0.2) is 0 Å². The summed E-state index contributed by atoms with van der Waals surface area (Å²) in [6.45, 7) is 7.27. The second-order valence-electron chi connectivity index (χ2n) is 5.91. The maximum atomic E-state index is 4.03. The molecule has 98 valence electrons. The fourth-order valence-corrected chi connectivity index (χ4v) is 2.91. The van der Waals surface area contributed by atoms with Crippen molar-refractivity contribution >= 4 is 6.21 Å². The lowest BCUT2D eigenvalue weighted by molar-refractivity contribution is 0.280. The average Bonchev–Trinajstić information content (AvgIpc) is 2.36. The molecule has 0 spiro atoms. The summed E-state index contributed by atoms with van der Waals surface area (Å²) in [5, 5.41) is 0. The second kappa shape index (κ2) is 7.68. The Bertz CT molecular complexity index is 254. The summed E-state index contributed by atoms with van der Waals surface area (Å²) in [5.74, 6) is 3.31. The highest BCUT2D eigenvalue weighted by Crippen LogP contribution is 2.33. The van der Waals surface area contributed by atoms with E-state index in [4.69, 9.17) is 0 Å². The SMILES string of the molecule is CN=C/C=C\C1CCC(C)CCCC(C)C1C. The Balaban J connectivity index is 2.66. The molecule has 1 saturated carbocycles. The summed E-state index contributed by atoms with van der Waals surface area (Å²) in [6.07, 6.45) is 13.4. The van der Waals surface area contributed by atoms with Crippen molar-refractivity contribution in [2.24, 2.45) is 28.7 Å². The van der Waals surface area contributed by atoms with E-state index < -0.39 is 0 Å². The van der Waals surface area contributed by atoms with Gasteiger partial charge in [0.2, 0.25) is 0 Å². The molecule has 1 heteroatoms. The maximum Gasteiger partial charge on any atom is 0.0277 e. The molecule has 0 saturated heterocycles. The van der Waals surface area contributed by atoms with Crippen molar-refractivity contribution in [3.05, 3.63) is 12.2 Å². The summed E-state index contributed by atoms with van der Waals surface area (Å²) >= 11 is 0. The van der Waals surface area contributed by atoms with Gasteiger partial charge in [0.15, 0.2) is 0 Å². The smallest absolute Gasteiger partial charge is 0.0277 e. The van der Waals surface area contributed by atoms with E-state index in [0.717, 1.165) is 23.7 Å². The van der Waals surface area contributed by atoms with Crippen LogP contribution in [0.2, 0.25) is 0 Å². The molecule has 1 fully saturated rings. The van der Waals surface area contributed by atoms with Gasteiger partial charge in [-0.2, -0.15) is 0 Å². The predicted octanol–water partition coefficient (Wildman–Crippen LogP) is 4.73. The van der Waals surface area contributed by atoms with Crippen LogP contribution < -0.4 is 0 Å². The van der Waals surface area contributed by atoms with E-state index >= 15 is 0 Å². The summed E-state index contributed by atoms with van der Waals surface area (Å²) in [4.78, 5) is 4.03. The van der Waals surface area contributed by atoms with Crippen LogP contribution in [0.15, 0.2) is 17.1 Å². The fourth-order valence-electron chi connectivity index (χ4n) is 2.91. The van der Waals surface area contributed by atoms with Gasteiger partial charge in [0.1, 0.15) is 0 Å². The lowest BCUT2D eigenvalue weighted by atomic mass is 9.80. The summed E-state index contributed by atoms with van der Waals surface area (Å²) in [7, 11) is 1.83. The van der Waals surface area contributed by atoms with E-state index in [-0.39, 0.29) is 0 Å². The summed E-state index contributed by atoms with van der Waals surface area (Å²) in [5.41, 5.74) is 0. The molecule has 0 aliphatic heterocycles. The van der Waals surface area contributed by atoms with Crippen molar-refractivity contribution < 1.29 is 0 Å². The van der Waals surface area contributed by atoms with Crippen LogP contribution in [0.3, 0.4) is 0 Å². The molecule has 0 heterocycles. The molecule has 1 rings (SSSR count). The van der Waals surface area contributed by atoms with Crippen molar-refractivity contribution in [1.29, 1.82) is 0 Å². The van der Waals surface area contributed by atoms with Crippen LogP contribution in [0.4, 0.5) is 0 Å². The van der Waals surface area contributed by atoms with Crippen molar-refractivity contribution in [2.45, 2.75) is 52.9 Å². The highest BCUT2D eigenvalue weighted by Gasteiger charge is 2.22. The number of hydrogen-bond acceptors (Lipinski definition) is 1. The molecular formula is C16H29N. The molecule has 17 heavy (non-hydrogen) atoms. The third kappa shape index (κ3) is 5.06. The highest BCUT2D eigenvalue weighted by atomic mass is 14.6. The standard InChI is InChI=1S/C16H29N/c1-13-7-5-8-14(2)15(3)16(11-10-13)9-6-12-17-4/h6,9,12-16H,5,7-8,10-11H2,1-4H3/b9-6-,17-12?. The summed E-state index contributed by atoms with van der Waals surface area (Å²) < 4.78 is 0. The van der Waals surface area contributed by atoms with Crippen LogP contribution >= 0.6 is 0 Å². The Hall–Kier alpha value is -0.590. The van der Waals surface area contributed by atoms with E-state index in [9.17, 15) is 0 Å². The topological polar surface area (TPSA) is 12.4 Å². The first-order valence-electron chi connectivity index (χ1n) is 7.24. The minimum atomic E-state index is 0.739. The Kier molecular flexibility index (Phi) is 6.54. The van der Waals surface area contributed by atoms with Gasteiger partial charge < -0.3 is 0 Å². The largest absolute Gasteiger partial charge is 0.297 e. The Morgan fingerprint density at radius 1 is 1.00 bits per heavy atom. The van der Waals surface area contributed by atoms with E-state index in [1.165, 1.54) is 32.1 Å². The maximum absolute atomic E-state index is 4.03. The van der Waals surface area contributed by atoms with Gasteiger partial charge >= 0.3 is 0 Å². The third-order valence-electron chi connectivity index (χ3n) is 4.52. The average molecular weight is 235 g/mol. The molecule has 4 atom stereocenters. The summed E-state index contributed by atoms with van der Waals surface area (Å²) in [6, 6.07) is 0. The molecular weight excluding hydrogens is 206 g/mol. The van der Waals surface area contributed by atoms with Gasteiger partial charge in [0.25, 0.3) is 0 Å². The van der Waals surface area contributed by atoms with Gasteiger partial charge in [-0.3, -0.25) is 4.99 Å². The minimum absolute atomic E-state index is 0.739. The fraction of sp³-hybridized carbons (Fsp3) is 0.812. The second-order valence-corrected chi connectivity index (χ2v) is 5.91. The van der Waals surface area contributed by atoms with E-state index in [1.54, 1.807) is 0 Å². The molecule has 4 unspecified atom stereocenters. The molecule has 0 aromatic heterocycles. The Morgan fingerprint density at radius 2 is 1.76 bits per heavy atom. The number of rotatable bonds is 2. The van der Waals surface area contributed by atoms with Crippen LogP contribution in [-0.2, 0) is 0 Å². The Labute approximate surface area is 107 Å². The zero-order valence-corrected chi connectivity index (χ0v) is 12.0. The lowest BCUT2D eigenvalue weighted by Crippen LogP contribution is -2.17. The molecule has 0 aromatic carbocycles. The van der Waals surface area contributed by atoms with E-state index in [0.29, 0.717) is 0 Å². The number of hydrogen-bond donors (Lipinski definition) is 0. The van der Waals surface area contributed by atoms with Gasteiger partial charge in [-0.05, 0) is 36.2 Å². The number of aliphatic imine (C=N–C) groups is 1.